The van der Waals surface area contributed by atoms with Gasteiger partial charge in [0.25, 0.3) is 5.56 Å². The van der Waals surface area contributed by atoms with Crippen molar-refractivity contribution < 1.29 is 23.8 Å². The number of nitrogens with zero attached hydrogens (tertiary/aromatic N) is 2. The van der Waals surface area contributed by atoms with Crippen LogP contribution >= 0.6 is 11.8 Å². The zero-order valence-corrected chi connectivity index (χ0v) is 20.6. The molecule has 0 atom stereocenters. The third-order valence-corrected chi connectivity index (χ3v) is 6.28. The Morgan fingerprint density at radius 3 is 2.69 bits per heavy atom. The van der Waals surface area contributed by atoms with Crippen molar-refractivity contribution >= 4 is 40.0 Å². The molecule has 35 heavy (non-hydrogen) atoms. The Bertz CT molecular complexity index is 1320. The van der Waals surface area contributed by atoms with E-state index in [2.05, 4.69) is 10.3 Å². The molecule has 1 amide bonds. The van der Waals surface area contributed by atoms with Crippen LogP contribution in [0.15, 0.2) is 46.3 Å². The van der Waals surface area contributed by atoms with Crippen LogP contribution in [0.3, 0.4) is 0 Å². The molecule has 0 unspecified atom stereocenters. The van der Waals surface area contributed by atoms with E-state index in [-0.39, 0.29) is 35.9 Å². The number of hydrogen-bond acceptors (Lipinski definition) is 8. The number of anilines is 1. The molecular weight excluding hydrogens is 470 g/mol. The van der Waals surface area contributed by atoms with Gasteiger partial charge < -0.3 is 19.5 Å². The zero-order valence-electron chi connectivity index (χ0n) is 19.8. The minimum absolute atomic E-state index is 0.000932. The van der Waals surface area contributed by atoms with Gasteiger partial charge in [-0.2, -0.15) is 0 Å². The second-order valence-electron chi connectivity index (χ2n) is 8.29. The highest BCUT2D eigenvalue weighted by molar-refractivity contribution is 7.99. The third-order valence-electron chi connectivity index (χ3n) is 5.30. The van der Waals surface area contributed by atoms with Crippen LogP contribution in [0.2, 0.25) is 0 Å². The van der Waals surface area contributed by atoms with Crippen LogP contribution in [0.4, 0.5) is 5.69 Å². The van der Waals surface area contributed by atoms with Crippen LogP contribution < -0.4 is 20.3 Å². The number of rotatable bonds is 10. The monoisotopic (exact) mass is 497 g/mol. The van der Waals surface area contributed by atoms with Gasteiger partial charge in [-0.05, 0) is 45.4 Å². The number of fused-ring (bicyclic) bond motifs is 2. The predicted molar refractivity (Wildman–Crippen MR) is 134 cm³/mol. The van der Waals surface area contributed by atoms with Crippen LogP contribution in [0, 0.1) is 0 Å². The number of carbonyl (C=O) groups excluding carboxylic acids is 2. The molecule has 0 saturated carbocycles. The number of nitrogens with one attached hydrogen (secondary N) is 1. The van der Waals surface area contributed by atoms with E-state index >= 15 is 0 Å². The van der Waals surface area contributed by atoms with Crippen LogP contribution in [-0.4, -0.2) is 46.5 Å². The molecule has 0 saturated heterocycles. The van der Waals surface area contributed by atoms with Gasteiger partial charge in [0, 0.05) is 24.8 Å². The van der Waals surface area contributed by atoms with Crippen molar-refractivity contribution in [2.75, 3.05) is 24.5 Å². The highest BCUT2D eigenvalue weighted by atomic mass is 32.2. The Hall–Kier alpha value is -3.37. The van der Waals surface area contributed by atoms with Gasteiger partial charge in [0.1, 0.15) is 0 Å². The van der Waals surface area contributed by atoms with Gasteiger partial charge in [-0.25, -0.2) is 4.98 Å². The standard InChI is InChI=1S/C25H27N3O6S/c1-15(2)32-10-6-9-28-24(31)17-7-4-5-8-19(17)27-25(28)35-13-23(30)26-20-12-22-21(33-14-34-22)11-18(20)16(3)29/h4-5,7-8,11-12,15H,6,9-10,13-14H2,1-3H3,(H,26,30). The molecule has 2 heterocycles. The van der Waals surface area contributed by atoms with E-state index < -0.39 is 0 Å². The summed E-state index contributed by atoms with van der Waals surface area (Å²) in [6.07, 6.45) is 0.742. The molecule has 0 radical (unpaired) electrons. The van der Waals surface area contributed by atoms with Gasteiger partial charge in [0.2, 0.25) is 12.7 Å². The fraction of sp³-hybridized carbons (Fsp3) is 0.360. The molecule has 9 nitrogen and oxygen atoms in total. The molecule has 1 aromatic heterocycles. The smallest absolute Gasteiger partial charge is 0.262 e. The van der Waals surface area contributed by atoms with E-state index in [0.717, 1.165) is 0 Å². The number of benzene rings is 2. The van der Waals surface area contributed by atoms with Crippen molar-refractivity contribution in [1.82, 2.24) is 9.55 Å². The Kier molecular flexibility index (Phi) is 7.72. The van der Waals surface area contributed by atoms with E-state index in [1.54, 1.807) is 34.9 Å². The first kappa shape index (κ1) is 24.7. The molecule has 1 aliphatic heterocycles. The van der Waals surface area contributed by atoms with Crippen LogP contribution in [0.1, 0.15) is 37.6 Å². The lowest BCUT2D eigenvalue weighted by Gasteiger charge is -2.14. The van der Waals surface area contributed by atoms with Crippen molar-refractivity contribution in [2.45, 2.75) is 45.0 Å². The van der Waals surface area contributed by atoms with E-state index in [1.165, 1.54) is 18.7 Å². The van der Waals surface area contributed by atoms with Crippen molar-refractivity contribution in [3.8, 4) is 11.5 Å². The first-order valence-corrected chi connectivity index (χ1v) is 12.3. The normalized spacial score (nSPS) is 12.3. The Morgan fingerprint density at radius 1 is 1.20 bits per heavy atom. The van der Waals surface area contributed by atoms with Crippen molar-refractivity contribution in [3.63, 3.8) is 0 Å². The summed E-state index contributed by atoms with van der Waals surface area (Å²) in [7, 11) is 0. The molecule has 0 bridgehead atoms. The first-order valence-electron chi connectivity index (χ1n) is 11.3. The number of ether oxygens (including phenoxy) is 3. The molecule has 1 N–H and O–H groups in total. The maximum Gasteiger partial charge on any atom is 0.262 e. The lowest BCUT2D eigenvalue weighted by Crippen LogP contribution is -2.25. The highest BCUT2D eigenvalue weighted by Gasteiger charge is 2.21. The van der Waals surface area contributed by atoms with Crippen molar-refractivity contribution in [1.29, 1.82) is 0 Å². The zero-order chi connectivity index (χ0) is 24.9. The average Bonchev–Trinajstić information content (AvgIpc) is 3.28. The number of thioether (sulfide) groups is 1. The number of hydrogen-bond donors (Lipinski definition) is 1. The molecule has 1 aliphatic rings. The maximum atomic E-state index is 13.1. The minimum Gasteiger partial charge on any atom is -0.454 e. The van der Waals surface area contributed by atoms with Crippen LogP contribution in [0.5, 0.6) is 11.5 Å². The van der Waals surface area contributed by atoms with E-state index in [1.807, 2.05) is 19.9 Å². The predicted octanol–water partition coefficient (Wildman–Crippen LogP) is 3.87. The maximum absolute atomic E-state index is 13.1. The Morgan fingerprint density at radius 2 is 1.94 bits per heavy atom. The fourth-order valence-electron chi connectivity index (χ4n) is 3.65. The summed E-state index contributed by atoms with van der Waals surface area (Å²) in [4.78, 5) is 42.7. The van der Waals surface area contributed by atoms with Crippen LogP contribution in [-0.2, 0) is 16.1 Å². The molecule has 4 rings (SSSR count). The van der Waals surface area contributed by atoms with Crippen molar-refractivity contribution in [3.05, 3.63) is 52.3 Å². The molecular formula is C25H27N3O6S. The molecule has 184 valence electrons. The first-order chi connectivity index (χ1) is 16.8. The summed E-state index contributed by atoms with van der Waals surface area (Å²) in [6.45, 7) is 6.34. The molecule has 0 aliphatic carbocycles. The molecule has 10 heteroatoms. The minimum atomic E-state index is -0.339. The summed E-state index contributed by atoms with van der Waals surface area (Å²) in [5.41, 5.74) is 1.10. The van der Waals surface area contributed by atoms with Gasteiger partial charge in [-0.15, -0.1) is 0 Å². The van der Waals surface area contributed by atoms with E-state index in [4.69, 9.17) is 14.2 Å². The summed E-state index contributed by atoms with van der Waals surface area (Å²) in [6, 6.07) is 10.3. The Balaban J connectivity index is 1.52. The molecule has 3 aromatic rings. The summed E-state index contributed by atoms with van der Waals surface area (Å²) in [5, 5.41) is 3.75. The SMILES string of the molecule is CC(=O)c1cc2c(cc1NC(=O)CSc1nc3ccccc3c(=O)n1CCCOC(C)C)OCO2. The van der Waals surface area contributed by atoms with Gasteiger partial charge in [-0.3, -0.25) is 19.0 Å². The number of carbonyl (C=O) groups is 2. The second-order valence-corrected chi connectivity index (χ2v) is 9.23. The number of amides is 1. The lowest BCUT2D eigenvalue weighted by atomic mass is 10.1. The number of aromatic nitrogens is 2. The highest BCUT2D eigenvalue weighted by Crippen LogP contribution is 2.37. The van der Waals surface area contributed by atoms with Gasteiger partial charge in [-0.1, -0.05) is 23.9 Å². The molecule has 2 aromatic carbocycles. The lowest BCUT2D eigenvalue weighted by molar-refractivity contribution is -0.113. The molecule has 0 fully saturated rings. The summed E-state index contributed by atoms with van der Waals surface area (Å²) < 4.78 is 17.9. The van der Waals surface area contributed by atoms with E-state index in [0.29, 0.717) is 58.4 Å². The van der Waals surface area contributed by atoms with Gasteiger partial charge in [0.05, 0.1) is 28.4 Å². The molecule has 0 spiro atoms. The van der Waals surface area contributed by atoms with Gasteiger partial charge in [0.15, 0.2) is 22.4 Å². The average molecular weight is 498 g/mol. The van der Waals surface area contributed by atoms with Crippen molar-refractivity contribution in [2.24, 2.45) is 0 Å². The Labute approximate surface area is 206 Å². The summed E-state index contributed by atoms with van der Waals surface area (Å²) in [5.74, 6) is 0.382. The summed E-state index contributed by atoms with van der Waals surface area (Å²) >= 11 is 1.17. The fourth-order valence-corrected chi connectivity index (χ4v) is 4.48. The van der Waals surface area contributed by atoms with Crippen LogP contribution in [0.25, 0.3) is 10.9 Å². The largest absolute Gasteiger partial charge is 0.454 e. The number of ketones is 1. The number of Topliss-reactive ketones (excluding diaryl/α,β-unsaturated/α-hetero) is 1. The van der Waals surface area contributed by atoms with E-state index in [9.17, 15) is 14.4 Å². The topological polar surface area (TPSA) is 109 Å². The number of para-hydroxylation sites is 1. The second kappa shape index (κ2) is 10.9. The quantitative estimate of drug-likeness (QED) is 0.195. The third kappa shape index (κ3) is 5.83. The van der Waals surface area contributed by atoms with Gasteiger partial charge >= 0.3 is 0 Å².